The Hall–Kier alpha value is -2.60. The van der Waals surface area contributed by atoms with E-state index in [-0.39, 0.29) is 6.17 Å². The molecule has 0 saturated heterocycles. The van der Waals surface area contributed by atoms with Crippen LogP contribution in [0.1, 0.15) is 0 Å². The number of para-hydroxylation sites is 1. The van der Waals surface area contributed by atoms with Gasteiger partial charge in [0.2, 0.25) is 0 Å². The van der Waals surface area contributed by atoms with E-state index in [1.807, 2.05) is 78.5 Å². The monoisotopic (exact) mass is 340 g/mol. The van der Waals surface area contributed by atoms with Crippen molar-refractivity contribution in [3.8, 4) is 5.75 Å². The van der Waals surface area contributed by atoms with Crippen LogP contribution < -0.4 is 20.0 Å². The molecule has 0 bridgehead atoms. The number of nitrogens with zero attached hydrogens (tertiary/aromatic N) is 3. The SMILES string of the molecule is CN(C)c1cccc(OCC2=NNC(C=S)N2c2ccccc2)c1. The largest absolute Gasteiger partial charge is 0.486 e. The highest BCUT2D eigenvalue weighted by Crippen LogP contribution is 2.22. The molecule has 0 amide bonds. The molecule has 1 unspecified atom stereocenters. The summed E-state index contributed by atoms with van der Waals surface area (Å²) in [6, 6.07) is 18.0. The van der Waals surface area contributed by atoms with E-state index in [0.717, 1.165) is 23.0 Å². The van der Waals surface area contributed by atoms with Crippen molar-refractivity contribution in [2.75, 3.05) is 30.5 Å². The van der Waals surface area contributed by atoms with Crippen LogP contribution in [0.25, 0.3) is 0 Å². The Balaban J connectivity index is 1.74. The molecule has 1 aliphatic rings. The lowest BCUT2D eigenvalue weighted by Crippen LogP contribution is -2.42. The number of benzene rings is 2. The minimum atomic E-state index is -0.144. The first-order chi connectivity index (χ1) is 11.7. The molecule has 2 aromatic rings. The fourth-order valence-corrected chi connectivity index (χ4v) is 2.69. The Labute approximate surface area is 147 Å². The van der Waals surface area contributed by atoms with Crippen molar-refractivity contribution in [3.05, 3.63) is 54.6 Å². The molecule has 0 fully saturated rings. The number of hydrogen-bond donors (Lipinski definition) is 1. The van der Waals surface area contributed by atoms with Crippen LogP contribution in [0.5, 0.6) is 5.75 Å². The number of amidine groups is 1. The average Bonchev–Trinajstić information content (AvgIpc) is 3.04. The summed E-state index contributed by atoms with van der Waals surface area (Å²) in [4.78, 5) is 4.09. The molecule has 3 rings (SSSR count). The minimum absolute atomic E-state index is 0.144. The molecule has 0 radical (unpaired) electrons. The maximum atomic E-state index is 5.94. The fourth-order valence-electron chi connectivity index (χ4n) is 2.50. The molecule has 0 spiro atoms. The van der Waals surface area contributed by atoms with Crippen LogP contribution in [0.15, 0.2) is 59.7 Å². The number of nitrogens with one attached hydrogen (secondary N) is 1. The van der Waals surface area contributed by atoms with Crippen LogP contribution in [0.4, 0.5) is 11.4 Å². The van der Waals surface area contributed by atoms with Crippen LogP contribution in [0, 0.1) is 0 Å². The van der Waals surface area contributed by atoms with E-state index in [2.05, 4.69) is 10.5 Å². The molecule has 2 aromatic carbocycles. The highest BCUT2D eigenvalue weighted by molar-refractivity contribution is 7.79. The Bertz CT molecular complexity index is 733. The molecular formula is C18H20N4OS. The molecule has 5 nitrogen and oxygen atoms in total. The van der Waals surface area contributed by atoms with Crippen molar-refractivity contribution in [3.63, 3.8) is 0 Å². The van der Waals surface area contributed by atoms with Gasteiger partial charge in [0, 0.05) is 36.9 Å². The second-order valence-corrected chi connectivity index (χ2v) is 5.90. The maximum Gasteiger partial charge on any atom is 0.169 e. The molecule has 0 aromatic heterocycles. The quantitative estimate of drug-likeness (QED) is 0.819. The predicted molar refractivity (Wildman–Crippen MR) is 103 cm³/mol. The minimum Gasteiger partial charge on any atom is -0.486 e. The molecule has 0 aliphatic carbocycles. The van der Waals surface area contributed by atoms with E-state index in [1.165, 1.54) is 0 Å². The Morgan fingerprint density at radius 2 is 2.00 bits per heavy atom. The molecule has 1 atom stereocenters. The summed E-state index contributed by atoms with van der Waals surface area (Å²) < 4.78 is 5.94. The van der Waals surface area contributed by atoms with Gasteiger partial charge in [0.05, 0.1) is 0 Å². The van der Waals surface area contributed by atoms with Crippen LogP contribution in [0.3, 0.4) is 0 Å². The van der Waals surface area contributed by atoms with Crippen LogP contribution in [-0.4, -0.2) is 38.1 Å². The van der Waals surface area contributed by atoms with Crippen molar-refractivity contribution in [2.24, 2.45) is 5.10 Å². The molecule has 6 heteroatoms. The number of rotatable bonds is 6. The van der Waals surface area contributed by atoms with Gasteiger partial charge in [-0.3, -0.25) is 10.3 Å². The van der Waals surface area contributed by atoms with E-state index >= 15 is 0 Å². The topological polar surface area (TPSA) is 40.1 Å². The normalized spacial score (nSPS) is 16.3. The number of ether oxygens (including phenoxy) is 1. The zero-order chi connectivity index (χ0) is 16.9. The van der Waals surface area contributed by atoms with Gasteiger partial charge in [-0.2, -0.15) is 5.10 Å². The van der Waals surface area contributed by atoms with Gasteiger partial charge in [-0.15, -0.1) is 0 Å². The predicted octanol–water partition coefficient (Wildman–Crippen LogP) is 2.88. The highest BCUT2D eigenvalue weighted by atomic mass is 32.1. The Morgan fingerprint density at radius 3 is 2.71 bits per heavy atom. The van der Waals surface area contributed by atoms with Gasteiger partial charge in [-0.05, 0) is 24.3 Å². The lowest BCUT2D eigenvalue weighted by atomic mass is 10.2. The van der Waals surface area contributed by atoms with Crippen molar-refractivity contribution in [1.29, 1.82) is 0 Å². The van der Waals surface area contributed by atoms with Gasteiger partial charge in [-0.25, -0.2) is 0 Å². The van der Waals surface area contributed by atoms with Crippen molar-refractivity contribution in [2.45, 2.75) is 6.17 Å². The average molecular weight is 340 g/mol. The molecule has 1 aliphatic heterocycles. The summed E-state index contributed by atoms with van der Waals surface area (Å²) in [5, 5.41) is 6.04. The van der Waals surface area contributed by atoms with E-state index in [0.29, 0.717) is 6.61 Å². The third-order valence-corrected chi connectivity index (χ3v) is 4.01. The van der Waals surface area contributed by atoms with Crippen molar-refractivity contribution in [1.82, 2.24) is 5.43 Å². The fraction of sp³-hybridized carbons (Fsp3) is 0.222. The first-order valence-electron chi connectivity index (χ1n) is 7.71. The molecule has 0 saturated carbocycles. The lowest BCUT2D eigenvalue weighted by Gasteiger charge is -2.24. The highest BCUT2D eigenvalue weighted by Gasteiger charge is 2.27. The summed E-state index contributed by atoms with van der Waals surface area (Å²) in [6.45, 7) is 0.360. The van der Waals surface area contributed by atoms with E-state index in [4.69, 9.17) is 17.0 Å². The van der Waals surface area contributed by atoms with E-state index < -0.39 is 0 Å². The second-order valence-electron chi connectivity index (χ2n) is 5.62. The molecule has 24 heavy (non-hydrogen) atoms. The van der Waals surface area contributed by atoms with E-state index in [9.17, 15) is 0 Å². The maximum absolute atomic E-state index is 5.94. The Kier molecular flexibility index (Phi) is 4.96. The third-order valence-electron chi connectivity index (χ3n) is 3.75. The number of hydrazone groups is 1. The first-order valence-corrected chi connectivity index (χ1v) is 8.18. The summed E-state index contributed by atoms with van der Waals surface area (Å²) in [5.74, 6) is 1.60. The molecular weight excluding hydrogens is 320 g/mol. The van der Waals surface area contributed by atoms with Crippen molar-refractivity contribution >= 4 is 34.8 Å². The standard InChI is InChI=1S/C18H20N4OS/c1-21(2)15-9-6-10-16(11-15)23-12-17-19-20-18(13-24)22(17)14-7-4-3-5-8-14/h3-11,13,18,20H,12H2,1-2H3. The van der Waals surface area contributed by atoms with Crippen molar-refractivity contribution < 1.29 is 4.74 Å². The van der Waals surface area contributed by atoms with Crippen LogP contribution >= 0.6 is 12.2 Å². The number of anilines is 2. The number of thiocarbonyl (C=S) groups is 1. The van der Waals surface area contributed by atoms with Gasteiger partial charge >= 0.3 is 0 Å². The smallest absolute Gasteiger partial charge is 0.169 e. The lowest BCUT2D eigenvalue weighted by molar-refractivity contribution is 0.375. The summed E-state index contributed by atoms with van der Waals surface area (Å²) in [6.07, 6.45) is -0.144. The zero-order valence-corrected chi connectivity index (χ0v) is 14.5. The summed E-state index contributed by atoms with van der Waals surface area (Å²) in [7, 11) is 4.01. The van der Waals surface area contributed by atoms with Crippen LogP contribution in [0.2, 0.25) is 0 Å². The molecule has 1 N–H and O–H groups in total. The third kappa shape index (κ3) is 3.49. The van der Waals surface area contributed by atoms with Gasteiger partial charge < -0.3 is 9.64 Å². The van der Waals surface area contributed by atoms with Gasteiger partial charge in [-0.1, -0.05) is 36.5 Å². The van der Waals surface area contributed by atoms with Gasteiger partial charge in [0.15, 0.2) is 5.84 Å². The Morgan fingerprint density at radius 1 is 1.21 bits per heavy atom. The second kappa shape index (κ2) is 7.31. The summed E-state index contributed by atoms with van der Waals surface area (Å²) >= 11 is 5.12. The van der Waals surface area contributed by atoms with Gasteiger partial charge in [0.25, 0.3) is 0 Å². The first kappa shape index (κ1) is 16.3. The number of hydrogen-bond acceptors (Lipinski definition) is 6. The molecule has 124 valence electrons. The summed E-state index contributed by atoms with van der Waals surface area (Å²) in [5.41, 5.74) is 5.16. The zero-order valence-electron chi connectivity index (χ0n) is 13.7. The molecule has 1 heterocycles. The van der Waals surface area contributed by atoms with Gasteiger partial charge in [0.1, 0.15) is 18.5 Å². The van der Waals surface area contributed by atoms with E-state index in [1.54, 1.807) is 5.37 Å². The van der Waals surface area contributed by atoms with Crippen LogP contribution in [-0.2, 0) is 0 Å².